The highest BCUT2D eigenvalue weighted by Crippen LogP contribution is 2.15. The van der Waals surface area contributed by atoms with Crippen LogP contribution in [0.2, 0.25) is 0 Å². The van der Waals surface area contributed by atoms with Crippen molar-refractivity contribution in [3.63, 3.8) is 0 Å². The van der Waals surface area contributed by atoms with E-state index in [1.807, 2.05) is 51.1 Å². The van der Waals surface area contributed by atoms with Crippen molar-refractivity contribution >= 4 is 5.97 Å². The summed E-state index contributed by atoms with van der Waals surface area (Å²) in [6, 6.07) is 9.48. The zero-order chi connectivity index (χ0) is 12.0. The number of carbonyl (C=O) groups is 1. The smallest absolute Gasteiger partial charge is 0.327 e. The van der Waals surface area contributed by atoms with Gasteiger partial charge in [0.25, 0.3) is 0 Å². The van der Waals surface area contributed by atoms with E-state index in [0.29, 0.717) is 6.61 Å². The number of rotatable bonds is 5. The van der Waals surface area contributed by atoms with Crippen LogP contribution in [0.4, 0.5) is 0 Å². The van der Waals surface area contributed by atoms with Crippen molar-refractivity contribution in [1.82, 2.24) is 5.32 Å². The first kappa shape index (κ1) is 12.7. The number of nitrogens with one attached hydrogen (secondary N) is 1. The Kier molecular flexibility index (Phi) is 4.99. The molecule has 0 spiro atoms. The number of ether oxygens (including phenoxy) is 1. The molecular weight excluding hydrogens is 202 g/mol. The Morgan fingerprint density at radius 3 is 2.44 bits per heavy atom. The third-order valence-corrected chi connectivity index (χ3v) is 2.16. The van der Waals surface area contributed by atoms with Gasteiger partial charge in [-0.25, -0.2) is 4.79 Å². The third kappa shape index (κ3) is 3.66. The van der Waals surface area contributed by atoms with Gasteiger partial charge in [-0.1, -0.05) is 30.3 Å². The van der Waals surface area contributed by atoms with Crippen LogP contribution in [0.5, 0.6) is 0 Å². The molecule has 1 rings (SSSR count). The van der Waals surface area contributed by atoms with Gasteiger partial charge >= 0.3 is 5.97 Å². The van der Waals surface area contributed by atoms with Crippen molar-refractivity contribution in [1.29, 1.82) is 0 Å². The number of hydrogen-bond acceptors (Lipinski definition) is 3. The van der Waals surface area contributed by atoms with Crippen LogP contribution in [0.1, 0.15) is 32.4 Å². The zero-order valence-corrected chi connectivity index (χ0v) is 10.1. The molecule has 0 saturated carbocycles. The summed E-state index contributed by atoms with van der Waals surface area (Å²) in [6.45, 7) is 6.24. The summed E-state index contributed by atoms with van der Waals surface area (Å²) in [7, 11) is 0. The highest BCUT2D eigenvalue weighted by molar-refractivity contribution is 5.77. The standard InChI is InChI=1S/C13H19NO2/c1-4-16-13(15)12(14-10(2)3)11-8-6-5-7-9-11/h5-10,12,14H,4H2,1-3H3/t12-/m0/s1. The van der Waals surface area contributed by atoms with Crippen LogP contribution in [0.15, 0.2) is 30.3 Å². The van der Waals surface area contributed by atoms with Crippen molar-refractivity contribution in [3.8, 4) is 0 Å². The van der Waals surface area contributed by atoms with Crippen molar-refractivity contribution in [2.45, 2.75) is 32.9 Å². The molecule has 1 N–H and O–H groups in total. The SMILES string of the molecule is CCOC(=O)[C@@H](NC(C)C)c1ccccc1. The van der Waals surface area contributed by atoms with Gasteiger partial charge in [0.15, 0.2) is 0 Å². The van der Waals surface area contributed by atoms with Crippen LogP contribution in [-0.4, -0.2) is 18.6 Å². The van der Waals surface area contributed by atoms with E-state index in [1.165, 1.54) is 0 Å². The monoisotopic (exact) mass is 221 g/mol. The van der Waals surface area contributed by atoms with Gasteiger partial charge in [-0.15, -0.1) is 0 Å². The number of esters is 1. The largest absolute Gasteiger partial charge is 0.465 e. The van der Waals surface area contributed by atoms with E-state index in [-0.39, 0.29) is 18.1 Å². The summed E-state index contributed by atoms with van der Waals surface area (Å²) < 4.78 is 5.06. The molecule has 0 saturated heterocycles. The van der Waals surface area contributed by atoms with Crippen molar-refractivity contribution < 1.29 is 9.53 Å². The molecule has 3 heteroatoms. The molecule has 0 heterocycles. The molecule has 0 radical (unpaired) electrons. The van der Waals surface area contributed by atoms with Gasteiger partial charge in [0.1, 0.15) is 6.04 Å². The molecule has 3 nitrogen and oxygen atoms in total. The van der Waals surface area contributed by atoms with E-state index in [4.69, 9.17) is 4.74 Å². The van der Waals surface area contributed by atoms with Crippen LogP contribution in [0.3, 0.4) is 0 Å². The van der Waals surface area contributed by atoms with Gasteiger partial charge in [-0.3, -0.25) is 5.32 Å². The van der Waals surface area contributed by atoms with Crippen LogP contribution in [0, 0.1) is 0 Å². The molecule has 1 aromatic rings. The molecule has 0 aliphatic heterocycles. The lowest BCUT2D eigenvalue weighted by Crippen LogP contribution is -2.34. The summed E-state index contributed by atoms with van der Waals surface area (Å²) in [5, 5.41) is 3.21. The fraction of sp³-hybridized carbons (Fsp3) is 0.462. The Morgan fingerprint density at radius 1 is 1.31 bits per heavy atom. The summed E-state index contributed by atoms with van der Waals surface area (Å²) in [4.78, 5) is 11.8. The average molecular weight is 221 g/mol. The lowest BCUT2D eigenvalue weighted by Gasteiger charge is -2.19. The van der Waals surface area contributed by atoms with Crippen molar-refractivity contribution in [2.75, 3.05) is 6.61 Å². The summed E-state index contributed by atoms with van der Waals surface area (Å²) in [5.74, 6) is -0.220. The Hall–Kier alpha value is -1.35. The fourth-order valence-electron chi connectivity index (χ4n) is 1.50. The van der Waals surface area contributed by atoms with Crippen molar-refractivity contribution in [2.24, 2.45) is 0 Å². The number of hydrogen-bond donors (Lipinski definition) is 1. The lowest BCUT2D eigenvalue weighted by atomic mass is 10.1. The Labute approximate surface area is 96.8 Å². The summed E-state index contributed by atoms with van der Waals surface area (Å²) in [6.07, 6.45) is 0. The van der Waals surface area contributed by atoms with Gasteiger partial charge in [0.2, 0.25) is 0 Å². The molecule has 0 aliphatic carbocycles. The summed E-state index contributed by atoms with van der Waals surface area (Å²) in [5.41, 5.74) is 0.939. The molecular formula is C13H19NO2. The molecule has 0 unspecified atom stereocenters. The predicted molar refractivity (Wildman–Crippen MR) is 64.1 cm³/mol. The van der Waals surface area contributed by atoms with Gasteiger partial charge < -0.3 is 4.74 Å². The van der Waals surface area contributed by atoms with E-state index < -0.39 is 0 Å². The van der Waals surface area contributed by atoms with Crippen LogP contribution in [-0.2, 0) is 9.53 Å². The molecule has 0 bridgehead atoms. The van der Waals surface area contributed by atoms with E-state index in [9.17, 15) is 4.79 Å². The topological polar surface area (TPSA) is 38.3 Å². The second-order valence-corrected chi connectivity index (χ2v) is 3.92. The van der Waals surface area contributed by atoms with Gasteiger partial charge in [0.05, 0.1) is 6.61 Å². The van der Waals surface area contributed by atoms with E-state index in [2.05, 4.69) is 5.32 Å². The Morgan fingerprint density at radius 2 is 1.94 bits per heavy atom. The molecule has 1 aromatic carbocycles. The zero-order valence-electron chi connectivity index (χ0n) is 10.1. The minimum Gasteiger partial charge on any atom is -0.465 e. The van der Waals surface area contributed by atoms with Crippen LogP contribution in [0.25, 0.3) is 0 Å². The molecule has 0 fully saturated rings. The van der Waals surface area contributed by atoms with E-state index >= 15 is 0 Å². The molecule has 0 aromatic heterocycles. The maximum Gasteiger partial charge on any atom is 0.327 e. The van der Waals surface area contributed by atoms with Gasteiger partial charge in [0, 0.05) is 6.04 Å². The molecule has 88 valence electrons. The maximum atomic E-state index is 11.8. The molecule has 0 aliphatic rings. The summed E-state index contributed by atoms with van der Waals surface area (Å²) >= 11 is 0. The number of benzene rings is 1. The minimum atomic E-state index is -0.374. The Bertz CT molecular complexity index is 322. The highest BCUT2D eigenvalue weighted by atomic mass is 16.5. The quantitative estimate of drug-likeness (QED) is 0.775. The molecule has 0 amide bonds. The second kappa shape index (κ2) is 6.28. The lowest BCUT2D eigenvalue weighted by molar-refractivity contribution is -0.146. The second-order valence-electron chi connectivity index (χ2n) is 3.92. The van der Waals surface area contributed by atoms with E-state index in [1.54, 1.807) is 0 Å². The first-order valence-electron chi connectivity index (χ1n) is 5.62. The van der Waals surface area contributed by atoms with Gasteiger partial charge in [-0.2, -0.15) is 0 Å². The molecule has 1 atom stereocenters. The van der Waals surface area contributed by atoms with Crippen LogP contribution >= 0.6 is 0 Å². The van der Waals surface area contributed by atoms with Crippen LogP contribution < -0.4 is 5.32 Å². The Balaban J connectivity index is 2.83. The van der Waals surface area contributed by atoms with Crippen molar-refractivity contribution in [3.05, 3.63) is 35.9 Å². The van der Waals surface area contributed by atoms with E-state index in [0.717, 1.165) is 5.56 Å². The maximum absolute atomic E-state index is 11.8. The average Bonchev–Trinajstić information content (AvgIpc) is 2.27. The highest BCUT2D eigenvalue weighted by Gasteiger charge is 2.21. The molecule has 16 heavy (non-hydrogen) atoms. The third-order valence-electron chi connectivity index (χ3n) is 2.16. The normalized spacial score (nSPS) is 12.5. The minimum absolute atomic E-state index is 0.220. The first-order chi connectivity index (χ1) is 7.65. The van der Waals surface area contributed by atoms with Gasteiger partial charge in [-0.05, 0) is 26.3 Å². The first-order valence-corrected chi connectivity index (χ1v) is 5.62. The fourth-order valence-corrected chi connectivity index (χ4v) is 1.50. The predicted octanol–water partition coefficient (Wildman–Crippen LogP) is 2.29. The number of carbonyl (C=O) groups excluding carboxylic acids is 1.